The lowest BCUT2D eigenvalue weighted by molar-refractivity contribution is 0.0865. The van der Waals surface area contributed by atoms with Gasteiger partial charge in [-0.25, -0.2) is 0 Å². The highest BCUT2D eigenvalue weighted by molar-refractivity contribution is 5.73. The quantitative estimate of drug-likeness (QED) is 0.0527. The van der Waals surface area contributed by atoms with Crippen LogP contribution in [0.4, 0.5) is 0 Å². The van der Waals surface area contributed by atoms with Crippen LogP contribution >= 0.6 is 0 Å². The van der Waals surface area contributed by atoms with Gasteiger partial charge in [-0.15, -0.1) is 0 Å². The Morgan fingerprint density at radius 3 is 0.933 bits per heavy atom. The SMILES string of the molecule is CCCCCC(C)(C)c1cc(-c2cc(C(C)(C)CCCCC)c(OCCOCC3CO3)c(C(C)(C)CCCCC)c2)cc(C(C)(C)CCCCC)c1OCCOCC1CO1. The second-order valence-electron chi connectivity index (χ2n) is 20.9. The molecule has 0 saturated carbocycles. The fourth-order valence-electron chi connectivity index (χ4n) is 8.88. The van der Waals surface area contributed by atoms with Crippen molar-refractivity contribution in [2.45, 2.75) is 220 Å². The van der Waals surface area contributed by atoms with Crippen LogP contribution in [0.15, 0.2) is 24.3 Å². The molecule has 2 aliphatic rings. The van der Waals surface area contributed by atoms with Crippen molar-refractivity contribution >= 4 is 0 Å². The van der Waals surface area contributed by atoms with Crippen LogP contribution < -0.4 is 9.47 Å². The number of unbranched alkanes of at least 4 members (excludes halogenated alkanes) is 8. The van der Waals surface area contributed by atoms with Crippen LogP contribution in [-0.2, 0) is 40.6 Å². The molecule has 0 N–H and O–H groups in total. The summed E-state index contributed by atoms with van der Waals surface area (Å²) in [7, 11) is 0. The zero-order chi connectivity index (χ0) is 43.8. The number of hydrogen-bond acceptors (Lipinski definition) is 6. The molecule has 0 bridgehead atoms. The van der Waals surface area contributed by atoms with Crippen molar-refractivity contribution in [1.82, 2.24) is 0 Å². The summed E-state index contributed by atoms with van der Waals surface area (Å²) in [6.07, 6.45) is 19.5. The van der Waals surface area contributed by atoms with Crippen molar-refractivity contribution in [1.29, 1.82) is 0 Å². The summed E-state index contributed by atoms with van der Waals surface area (Å²) in [5.41, 5.74) is 7.53. The topological polar surface area (TPSA) is 62.0 Å². The van der Waals surface area contributed by atoms with E-state index in [0.717, 1.165) is 50.4 Å². The van der Waals surface area contributed by atoms with E-state index >= 15 is 0 Å². The van der Waals surface area contributed by atoms with Gasteiger partial charge < -0.3 is 28.4 Å². The maximum atomic E-state index is 7.01. The predicted octanol–water partition coefficient (Wildman–Crippen LogP) is 14.4. The zero-order valence-corrected chi connectivity index (χ0v) is 40.9. The third-order valence-corrected chi connectivity index (χ3v) is 13.4. The first-order valence-corrected chi connectivity index (χ1v) is 24.6. The van der Waals surface area contributed by atoms with E-state index < -0.39 is 0 Å². The van der Waals surface area contributed by atoms with Crippen molar-refractivity contribution in [3.05, 3.63) is 46.5 Å². The summed E-state index contributed by atoms with van der Waals surface area (Å²) in [5.74, 6) is 2.15. The molecule has 2 fully saturated rings. The number of epoxide rings is 2. The molecule has 2 atom stereocenters. The van der Waals surface area contributed by atoms with Crippen molar-refractivity contribution in [2.75, 3.05) is 52.9 Å². The molecule has 0 aromatic heterocycles. The van der Waals surface area contributed by atoms with E-state index in [1.807, 2.05) is 0 Å². The molecule has 4 rings (SSSR count). The lowest BCUT2D eigenvalue weighted by Gasteiger charge is -2.36. The highest BCUT2D eigenvalue weighted by Crippen LogP contribution is 2.50. The molecule has 2 unspecified atom stereocenters. The van der Waals surface area contributed by atoms with E-state index in [9.17, 15) is 0 Å². The molecule has 60 heavy (non-hydrogen) atoms. The fourth-order valence-corrected chi connectivity index (χ4v) is 8.88. The standard InChI is InChI=1S/C54H90O6/c1-13-17-21-25-51(5,6)45-33-41(34-46(52(7,8)26-22-18-14-2)49(45)57-31-29-55-37-43-39-59-43)42-35-47(53(9,10)27-23-19-15-3)50(58-32-30-56-38-44-40-60-44)48(36-42)54(11,12)28-24-20-16-4/h33-36,43-44H,13-32,37-40H2,1-12H3. The average Bonchev–Trinajstić information content (AvgIpc) is 4.15. The van der Waals surface area contributed by atoms with E-state index in [1.54, 1.807) is 0 Å². The molecule has 0 aliphatic carbocycles. The smallest absolute Gasteiger partial charge is 0.126 e. The molecular formula is C54H90O6. The van der Waals surface area contributed by atoms with E-state index in [1.165, 1.54) is 110 Å². The summed E-state index contributed by atoms with van der Waals surface area (Å²) < 4.78 is 36.9. The van der Waals surface area contributed by atoms with Crippen molar-refractivity contribution in [3.63, 3.8) is 0 Å². The largest absolute Gasteiger partial charge is 0.491 e. The molecule has 342 valence electrons. The molecule has 2 heterocycles. The fraction of sp³-hybridized carbons (Fsp3) is 0.778. The molecular weight excluding hydrogens is 745 g/mol. The first-order chi connectivity index (χ1) is 28.6. The first kappa shape index (κ1) is 50.5. The monoisotopic (exact) mass is 835 g/mol. The Bertz CT molecular complexity index is 1350. The van der Waals surface area contributed by atoms with Crippen LogP contribution in [-0.4, -0.2) is 65.1 Å². The summed E-state index contributed by atoms with van der Waals surface area (Å²) in [6.45, 7) is 33.9. The van der Waals surface area contributed by atoms with Crippen LogP contribution in [0.1, 0.15) is 208 Å². The van der Waals surface area contributed by atoms with Gasteiger partial charge in [0.2, 0.25) is 0 Å². The van der Waals surface area contributed by atoms with Crippen LogP contribution in [0.2, 0.25) is 0 Å². The van der Waals surface area contributed by atoms with Gasteiger partial charge >= 0.3 is 0 Å². The zero-order valence-electron chi connectivity index (χ0n) is 40.9. The van der Waals surface area contributed by atoms with Crippen molar-refractivity contribution in [2.24, 2.45) is 0 Å². The van der Waals surface area contributed by atoms with Gasteiger partial charge in [0.1, 0.15) is 36.9 Å². The Balaban J connectivity index is 1.96. The summed E-state index contributed by atoms with van der Waals surface area (Å²) >= 11 is 0. The van der Waals surface area contributed by atoms with Gasteiger partial charge in [-0.1, -0.05) is 160 Å². The lowest BCUT2D eigenvalue weighted by atomic mass is 9.71. The van der Waals surface area contributed by atoms with Crippen LogP contribution in [0.3, 0.4) is 0 Å². The van der Waals surface area contributed by atoms with Crippen molar-refractivity contribution in [3.8, 4) is 22.6 Å². The maximum absolute atomic E-state index is 7.01. The third-order valence-electron chi connectivity index (χ3n) is 13.4. The average molecular weight is 835 g/mol. The van der Waals surface area contributed by atoms with Crippen molar-refractivity contribution < 1.29 is 28.4 Å². The number of ether oxygens (including phenoxy) is 6. The highest BCUT2D eigenvalue weighted by atomic mass is 16.6. The Morgan fingerprint density at radius 2 is 0.700 bits per heavy atom. The number of benzene rings is 2. The van der Waals surface area contributed by atoms with Crippen LogP contribution in [0.25, 0.3) is 11.1 Å². The van der Waals surface area contributed by atoms with Gasteiger partial charge in [-0.3, -0.25) is 0 Å². The molecule has 6 nitrogen and oxygen atoms in total. The molecule has 2 aromatic carbocycles. The van der Waals surface area contributed by atoms with Gasteiger partial charge in [-0.05, 0) is 82.7 Å². The maximum Gasteiger partial charge on any atom is 0.126 e. The second-order valence-corrected chi connectivity index (χ2v) is 20.9. The minimum atomic E-state index is -0.0868. The number of hydrogen-bond donors (Lipinski definition) is 0. The Kier molecular flexibility index (Phi) is 20.3. The first-order valence-electron chi connectivity index (χ1n) is 24.6. The Labute approximate surface area is 368 Å². The minimum absolute atomic E-state index is 0.0868. The van der Waals surface area contributed by atoms with E-state index in [0.29, 0.717) is 39.6 Å². The normalized spacial score (nSPS) is 17.0. The van der Waals surface area contributed by atoms with E-state index in [-0.39, 0.29) is 33.9 Å². The Morgan fingerprint density at radius 1 is 0.433 bits per heavy atom. The summed E-state index contributed by atoms with van der Waals surface area (Å²) in [6, 6.07) is 10.0. The predicted molar refractivity (Wildman–Crippen MR) is 253 cm³/mol. The molecule has 2 aromatic rings. The summed E-state index contributed by atoms with van der Waals surface area (Å²) in [5, 5.41) is 0. The van der Waals surface area contributed by atoms with E-state index in [2.05, 4.69) is 107 Å². The van der Waals surface area contributed by atoms with Crippen LogP contribution in [0, 0.1) is 0 Å². The highest BCUT2D eigenvalue weighted by Gasteiger charge is 2.36. The molecule has 6 heteroatoms. The van der Waals surface area contributed by atoms with E-state index in [4.69, 9.17) is 28.4 Å². The minimum Gasteiger partial charge on any atom is -0.491 e. The van der Waals surface area contributed by atoms with Crippen LogP contribution in [0.5, 0.6) is 11.5 Å². The van der Waals surface area contributed by atoms with Gasteiger partial charge in [0, 0.05) is 22.3 Å². The lowest BCUT2D eigenvalue weighted by Crippen LogP contribution is -2.26. The second kappa shape index (κ2) is 24.1. The Hall–Kier alpha value is -2.12. The molecule has 2 saturated heterocycles. The van der Waals surface area contributed by atoms with Gasteiger partial charge in [-0.2, -0.15) is 0 Å². The molecule has 2 aliphatic heterocycles. The van der Waals surface area contributed by atoms with Gasteiger partial charge in [0.15, 0.2) is 0 Å². The third kappa shape index (κ3) is 15.6. The number of rotatable bonds is 33. The molecule has 0 amide bonds. The van der Waals surface area contributed by atoms with Gasteiger partial charge in [0.25, 0.3) is 0 Å². The molecule has 0 radical (unpaired) electrons. The summed E-state index contributed by atoms with van der Waals surface area (Å²) in [4.78, 5) is 0. The van der Waals surface area contributed by atoms with Gasteiger partial charge in [0.05, 0.1) is 39.6 Å². The molecule has 0 spiro atoms.